The number of hydrogen-bond acceptors (Lipinski definition) is 3. The monoisotopic (exact) mass is 301 g/mol. The number of ether oxygens (including phenoxy) is 1. The van der Waals surface area contributed by atoms with Gasteiger partial charge in [0.15, 0.2) is 0 Å². The number of benzene rings is 1. The number of fused-ring (bicyclic) bond motifs is 1. The molecule has 104 valence electrons. The predicted molar refractivity (Wildman–Crippen MR) is 79.8 cm³/mol. The van der Waals surface area contributed by atoms with Gasteiger partial charge in [-0.2, -0.15) is 0 Å². The summed E-state index contributed by atoms with van der Waals surface area (Å²) >= 11 is 12.0. The van der Waals surface area contributed by atoms with Gasteiger partial charge in [-0.1, -0.05) is 37.0 Å². The number of imidazole rings is 1. The molecule has 0 aliphatic carbocycles. The summed E-state index contributed by atoms with van der Waals surface area (Å²) in [5, 5.41) is 0.980. The smallest absolute Gasteiger partial charge is 0.201 e. The average Bonchev–Trinajstić information content (AvgIpc) is 2.61. The number of anilines is 1. The zero-order valence-corrected chi connectivity index (χ0v) is 12.5. The molecule has 0 saturated heterocycles. The fraction of sp³-hybridized carbons (Fsp3) is 0.462. The van der Waals surface area contributed by atoms with E-state index in [-0.39, 0.29) is 0 Å². The summed E-state index contributed by atoms with van der Waals surface area (Å²) in [7, 11) is 0. The van der Waals surface area contributed by atoms with E-state index < -0.39 is 0 Å². The Morgan fingerprint density at radius 1 is 1.32 bits per heavy atom. The van der Waals surface area contributed by atoms with Crippen LogP contribution in [0.15, 0.2) is 12.1 Å². The zero-order chi connectivity index (χ0) is 14.0. The Balaban J connectivity index is 2.18. The molecule has 1 heterocycles. The molecule has 4 nitrogen and oxygen atoms in total. The van der Waals surface area contributed by atoms with E-state index in [1.165, 1.54) is 0 Å². The lowest BCUT2D eigenvalue weighted by atomic mass is 10.2. The first-order valence-electron chi connectivity index (χ1n) is 6.17. The number of rotatable bonds is 5. The van der Waals surface area contributed by atoms with Gasteiger partial charge in [0, 0.05) is 13.2 Å². The molecule has 0 unspecified atom stereocenters. The first-order chi connectivity index (χ1) is 8.99. The summed E-state index contributed by atoms with van der Waals surface area (Å²) in [5.74, 6) is 0.964. The van der Waals surface area contributed by atoms with Gasteiger partial charge < -0.3 is 15.0 Å². The lowest BCUT2D eigenvalue weighted by Gasteiger charge is -2.09. The number of hydrogen-bond donors (Lipinski definition) is 1. The third-order valence-electron chi connectivity index (χ3n) is 2.73. The van der Waals surface area contributed by atoms with E-state index in [4.69, 9.17) is 33.7 Å². The quantitative estimate of drug-likeness (QED) is 0.859. The molecule has 0 fully saturated rings. The molecule has 0 aliphatic rings. The van der Waals surface area contributed by atoms with Crippen molar-refractivity contribution in [2.45, 2.75) is 20.4 Å². The topological polar surface area (TPSA) is 53.1 Å². The van der Waals surface area contributed by atoms with Gasteiger partial charge in [0.1, 0.15) is 0 Å². The highest BCUT2D eigenvalue weighted by Gasteiger charge is 2.10. The Bertz CT molecular complexity index is 581. The van der Waals surface area contributed by atoms with E-state index in [1.807, 2.05) is 4.57 Å². The summed E-state index contributed by atoms with van der Waals surface area (Å²) in [4.78, 5) is 4.27. The number of aromatic nitrogens is 2. The molecule has 1 aromatic carbocycles. The molecule has 0 radical (unpaired) electrons. The zero-order valence-electron chi connectivity index (χ0n) is 11.0. The Kier molecular flexibility index (Phi) is 4.55. The maximum atomic E-state index is 6.03. The van der Waals surface area contributed by atoms with Crippen LogP contribution >= 0.6 is 23.2 Å². The fourth-order valence-corrected chi connectivity index (χ4v) is 2.16. The van der Waals surface area contributed by atoms with Gasteiger partial charge in [-0.25, -0.2) is 4.98 Å². The minimum atomic E-state index is 0.446. The van der Waals surface area contributed by atoms with Crippen LogP contribution in [-0.4, -0.2) is 22.8 Å². The van der Waals surface area contributed by atoms with E-state index in [2.05, 4.69) is 18.8 Å². The van der Waals surface area contributed by atoms with Crippen molar-refractivity contribution in [3.05, 3.63) is 22.2 Å². The molecule has 2 N–H and O–H groups in total. The fourth-order valence-electron chi connectivity index (χ4n) is 1.85. The second-order valence-electron chi connectivity index (χ2n) is 4.85. The first-order valence-corrected chi connectivity index (χ1v) is 6.93. The molecule has 0 spiro atoms. The summed E-state index contributed by atoms with van der Waals surface area (Å²) in [6.07, 6.45) is 0. The molecule has 0 aliphatic heterocycles. The molecule has 19 heavy (non-hydrogen) atoms. The Hall–Kier alpha value is -0.970. The van der Waals surface area contributed by atoms with Crippen molar-refractivity contribution < 1.29 is 4.74 Å². The molecule has 1 aromatic heterocycles. The molecule has 2 rings (SSSR count). The normalized spacial score (nSPS) is 11.6. The second kappa shape index (κ2) is 5.99. The molecule has 0 bridgehead atoms. The number of halogens is 2. The van der Waals surface area contributed by atoms with Crippen molar-refractivity contribution in [3.63, 3.8) is 0 Å². The number of nitrogens with two attached hydrogens (primary N) is 1. The highest BCUT2D eigenvalue weighted by Crippen LogP contribution is 2.28. The van der Waals surface area contributed by atoms with Crippen molar-refractivity contribution in [1.82, 2.24) is 9.55 Å². The molecule has 2 aromatic rings. The van der Waals surface area contributed by atoms with Gasteiger partial charge in [0.2, 0.25) is 5.95 Å². The molecule has 0 amide bonds. The minimum absolute atomic E-state index is 0.446. The van der Waals surface area contributed by atoms with Crippen LogP contribution in [0.5, 0.6) is 0 Å². The van der Waals surface area contributed by atoms with Crippen LogP contribution in [0.25, 0.3) is 11.0 Å². The SMILES string of the molecule is CC(C)COCCn1c(N)nc2cc(Cl)c(Cl)cc21. The molecule has 6 heteroatoms. The second-order valence-corrected chi connectivity index (χ2v) is 5.66. The van der Waals surface area contributed by atoms with Gasteiger partial charge in [-0.15, -0.1) is 0 Å². The van der Waals surface area contributed by atoms with Crippen molar-refractivity contribution in [2.24, 2.45) is 5.92 Å². The van der Waals surface area contributed by atoms with Crippen molar-refractivity contribution in [2.75, 3.05) is 18.9 Å². The molecular weight excluding hydrogens is 285 g/mol. The summed E-state index contributed by atoms with van der Waals surface area (Å²) < 4.78 is 7.45. The summed E-state index contributed by atoms with van der Waals surface area (Å²) in [6.45, 7) is 6.20. The average molecular weight is 302 g/mol. The van der Waals surface area contributed by atoms with E-state index in [1.54, 1.807) is 12.1 Å². The van der Waals surface area contributed by atoms with Gasteiger partial charge in [0.25, 0.3) is 0 Å². The summed E-state index contributed by atoms with van der Waals surface area (Å²) in [6, 6.07) is 3.51. The van der Waals surface area contributed by atoms with Crippen molar-refractivity contribution in [3.8, 4) is 0 Å². The highest BCUT2D eigenvalue weighted by atomic mass is 35.5. The van der Waals surface area contributed by atoms with E-state index in [0.29, 0.717) is 35.1 Å². The van der Waals surface area contributed by atoms with Crippen LogP contribution in [0.1, 0.15) is 13.8 Å². The van der Waals surface area contributed by atoms with Crippen LogP contribution in [0, 0.1) is 5.92 Å². The van der Waals surface area contributed by atoms with Crippen molar-refractivity contribution >= 4 is 40.2 Å². The molecule has 0 saturated carbocycles. The van der Waals surface area contributed by atoms with Crippen LogP contribution in [0.4, 0.5) is 5.95 Å². The summed E-state index contributed by atoms with van der Waals surface area (Å²) in [5.41, 5.74) is 7.53. The third-order valence-corrected chi connectivity index (χ3v) is 3.45. The van der Waals surface area contributed by atoms with Gasteiger partial charge >= 0.3 is 0 Å². The Labute approximate surface area is 122 Å². The maximum absolute atomic E-state index is 6.03. The molecule has 0 atom stereocenters. The van der Waals surface area contributed by atoms with Gasteiger partial charge in [-0.05, 0) is 18.1 Å². The minimum Gasteiger partial charge on any atom is -0.379 e. The van der Waals surface area contributed by atoms with Crippen LogP contribution in [0.3, 0.4) is 0 Å². The van der Waals surface area contributed by atoms with Crippen LogP contribution in [0.2, 0.25) is 10.0 Å². The largest absolute Gasteiger partial charge is 0.379 e. The van der Waals surface area contributed by atoms with E-state index in [9.17, 15) is 0 Å². The number of nitrogen functional groups attached to an aromatic ring is 1. The lowest BCUT2D eigenvalue weighted by Crippen LogP contribution is -2.11. The van der Waals surface area contributed by atoms with Crippen LogP contribution < -0.4 is 5.73 Å². The van der Waals surface area contributed by atoms with E-state index in [0.717, 1.165) is 17.6 Å². The van der Waals surface area contributed by atoms with Gasteiger partial charge in [-0.3, -0.25) is 0 Å². The Morgan fingerprint density at radius 2 is 2.00 bits per heavy atom. The van der Waals surface area contributed by atoms with Crippen LogP contribution in [-0.2, 0) is 11.3 Å². The third kappa shape index (κ3) is 3.32. The standard InChI is InChI=1S/C13H17Cl2N3O/c1-8(2)7-19-4-3-18-12-6-10(15)9(14)5-11(12)17-13(18)16/h5-6,8H,3-4,7H2,1-2H3,(H2,16,17). The van der Waals surface area contributed by atoms with Crippen molar-refractivity contribution in [1.29, 1.82) is 0 Å². The number of nitrogens with zero attached hydrogens (tertiary/aromatic N) is 2. The highest BCUT2D eigenvalue weighted by molar-refractivity contribution is 6.42. The maximum Gasteiger partial charge on any atom is 0.201 e. The van der Waals surface area contributed by atoms with Gasteiger partial charge in [0.05, 0.1) is 27.7 Å². The Morgan fingerprint density at radius 3 is 2.68 bits per heavy atom. The van der Waals surface area contributed by atoms with E-state index >= 15 is 0 Å². The lowest BCUT2D eigenvalue weighted by molar-refractivity contribution is 0.104. The molecular formula is C13H17Cl2N3O. The first kappa shape index (κ1) is 14.4. The predicted octanol–water partition coefficient (Wildman–Crippen LogP) is 3.60.